The molecule has 2 N–H and O–H groups in total. The number of carbonyl (C=O) groups is 2. The highest BCUT2D eigenvalue weighted by molar-refractivity contribution is 8.00. The number of benzene rings is 2. The van der Waals surface area contributed by atoms with Crippen LogP contribution in [-0.2, 0) is 16.1 Å². The van der Waals surface area contributed by atoms with E-state index in [0.29, 0.717) is 5.56 Å². The average molecular weight is 346 g/mol. The summed E-state index contributed by atoms with van der Waals surface area (Å²) in [6, 6.07) is 13.6. The van der Waals surface area contributed by atoms with E-state index in [0.717, 1.165) is 11.3 Å². The number of halogens is 1. The van der Waals surface area contributed by atoms with Crippen molar-refractivity contribution in [2.45, 2.75) is 13.5 Å². The molecule has 0 aromatic heterocycles. The molecular formula is C18H19FN2O2S. The van der Waals surface area contributed by atoms with Gasteiger partial charge in [0.25, 0.3) is 0 Å². The number of aryl methyl sites for hydroxylation is 1. The molecule has 2 aromatic rings. The Hall–Kier alpha value is -2.34. The van der Waals surface area contributed by atoms with Gasteiger partial charge in [0, 0.05) is 12.2 Å². The molecule has 4 nitrogen and oxygen atoms in total. The second-order valence-corrected chi connectivity index (χ2v) is 6.30. The average Bonchev–Trinajstić information content (AvgIpc) is 2.53. The summed E-state index contributed by atoms with van der Waals surface area (Å²) in [6.45, 7) is 2.22. The standard InChI is InChI=1S/C18H19FN2O2S/c1-13-4-2-7-16(8-13)21-18(23)12-24-11-17(22)20-10-14-5-3-6-15(19)9-14/h2-9H,10-12H2,1H3,(H,20,22)(H,21,23). The minimum absolute atomic E-state index is 0.150. The van der Waals surface area contributed by atoms with Crippen LogP contribution in [0.25, 0.3) is 0 Å². The minimum Gasteiger partial charge on any atom is -0.351 e. The summed E-state index contributed by atoms with van der Waals surface area (Å²) in [4.78, 5) is 23.5. The number of anilines is 1. The molecule has 0 aliphatic rings. The highest BCUT2D eigenvalue weighted by atomic mass is 32.2. The lowest BCUT2D eigenvalue weighted by Gasteiger charge is -2.07. The molecule has 0 atom stereocenters. The van der Waals surface area contributed by atoms with Gasteiger partial charge in [-0.3, -0.25) is 9.59 Å². The zero-order chi connectivity index (χ0) is 17.4. The molecule has 0 spiro atoms. The van der Waals surface area contributed by atoms with Crippen LogP contribution in [0.15, 0.2) is 48.5 Å². The molecule has 0 aliphatic heterocycles. The van der Waals surface area contributed by atoms with Crippen molar-refractivity contribution in [3.8, 4) is 0 Å². The first kappa shape index (κ1) is 18.0. The van der Waals surface area contributed by atoms with Crippen molar-refractivity contribution >= 4 is 29.3 Å². The second kappa shape index (κ2) is 9.08. The molecule has 6 heteroatoms. The van der Waals surface area contributed by atoms with Crippen molar-refractivity contribution in [3.63, 3.8) is 0 Å². The Balaban J connectivity index is 1.66. The quantitative estimate of drug-likeness (QED) is 0.810. The summed E-state index contributed by atoms with van der Waals surface area (Å²) >= 11 is 1.23. The van der Waals surface area contributed by atoms with Crippen LogP contribution in [0.2, 0.25) is 0 Å². The van der Waals surface area contributed by atoms with Crippen molar-refractivity contribution in [2.24, 2.45) is 0 Å². The number of rotatable bonds is 7. The van der Waals surface area contributed by atoms with E-state index in [-0.39, 0.29) is 35.7 Å². The van der Waals surface area contributed by atoms with Crippen LogP contribution >= 0.6 is 11.8 Å². The Morgan fingerprint density at radius 1 is 1.04 bits per heavy atom. The number of carbonyl (C=O) groups excluding carboxylic acids is 2. The SMILES string of the molecule is Cc1cccc(NC(=O)CSCC(=O)NCc2cccc(F)c2)c1. The lowest BCUT2D eigenvalue weighted by Crippen LogP contribution is -2.25. The Labute approximate surface area is 144 Å². The Morgan fingerprint density at radius 3 is 2.54 bits per heavy atom. The normalized spacial score (nSPS) is 10.2. The third kappa shape index (κ3) is 6.42. The van der Waals surface area contributed by atoms with Gasteiger partial charge in [0.1, 0.15) is 5.82 Å². The molecule has 2 amide bonds. The van der Waals surface area contributed by atoms with Gasteiger partial charge in [-0.1, -0.05) is 24.3 Å². The van der Waals surface area contributed by atoms with E-state index >= 15 is 0 Å². The fraction of sp³-hybridized carbons (Fsp3) is 0.222. The summed E-state index contributed by atoms with van der Waals surface area (Å²) < 4.78 is 13.0. The van der Waals surface area contributed by atoms with Crippen molar-refractivity contribution in [1.82, 2.24) is 5.32 Å². The number of thioether (sulfide) groups is 1. The van der Waals surface area contributed by atoms with Crippen molar-refractivity contribution in [3.05, 3.63) is 65.5 Å². The van der Waals surface area contributed by atoms with E-state index in [1.807, 2.05) is 31.2 Å². The van der Waals surface area contributed by atoms with Crippen molar-refractivity contribution in [1.29, 1.82) is 0 Å². The molecule has 0 saturated carbocycles. The van der Waals surface area contributed by atoms with Gasteiger partial charge in [0.05, 0.1) is 11.5 Å². The monoisotopic (exact) mass is 346 g/mol. The second-order valence-electron chi connectivity index (χ2n) is 5.32. The van der Waals surface area contributed by atoms with Crippen LogP contribution in [0.1, 0.15) is 11.1 Å². The molecule has 0 heterocycles. The van der Waals surface area contributed by atoms with Gasteiger partial charge in [0.2, 0.25) is 11.8 Å². The summed E-state index contributed by atoms with van der Waals surface area (Å²) in [6.07, 6.45) is 0. The largest absolute Gasteiger partial charge is 0.351 e. The fourth-order valence-electron chi connectivity index (χ4n) is 2.05. The molecule has 0 radical (unpaired) electrons. The zero-order valence-corrected chi connectivity index (χ0v) is 14.2. The number of hydrogen-bond donors (Lipinski definition) is 2. The number of hydrogen-bond acceptors (Lipinski definition) is 3. The number of amides is 2. The van der Waals surface area contributed by atoms with Crippen molar-refractivity contribution in [2.75, 3.05) is 16.8 Å². The van der Waals surface area contributed by atoms with E-state index < -0.39 is 0 Å². The van der Waals surface area contributed by atoms with E-state index in [1.165, 1.54) is 23.9 Å². The maximum absolute atomic E-state index is 13.0. The van der Waals surface area contributed by atoms with E-state index in [1.54, 1.807) is 12.1 Å². The highest BCUT2D eigenvalue weighted by Gasteiger charge is 2.06. The van der Waals surface area contributed by atoms with E-state index in [4.69, 9.17) is 0 Å². The molecule has 126 valence electrons. The molecule has 0 fully saturated rings. The summed E-state index contributed by atoms with van der Waals surface area (Å²) in [5, 5.41) is 5.49. The topological polar surface area (TPSA) is 58.2 Å². The molecule has 24 heavy (non-hydrogen) atoms. The Bertz CT molecular complexity index is 722. The first-order valence-corrected chi connectivity index (χ1v) is 8.64. The molecule has 0 bridgehead atoms. The lowest BCUT2D eigenvalue weighted by atomic mass is 10.2. The predicted octanol–water partition coefficient (Wildman–Crippen LogP) is 3.12. The molecule has 0 aliphatic carbocycles. The zero-order valence-electron chi connectivity index (χ0n) is 13.3. The van der Waals surface area contributed by atoms with E-state index in [2.05, 4.69) is 10.6 Å². The Kier molecular flexibility index (Phi) is 6.81. The first-order valence-electron chi connectivity index (χ1n) is 7.48. The van der Waals surface area contributed by atoms with Gasteiger partial charge >= 0.3 is 0 Å². The maximum atomic E-state index is 13.0. The first-order chi connectivity index (χ1) is 11.5. The number of nitrogens with one attached hydrogen (secondary N) is 2. The third-order valence-electron chi connectivity index (χ3n) is 3.15. The molecule has 2 rings (SSSR count). The smallest absolute Gasteiger partial charge is 0.234 e. The van der Waals surface area contributed by atoms with Gasteiger partial charge in [-0.25, -0.2) is 4.39 Å². The van der Waals surface area contributed by atoms with Gasteiger partial charge < -0.3 is 10.6 Å². The van der Waals surface area contributed by atoms with E-state index in [9.17, 15) is 14.0 Å². The maximum Gasteiger partial charge on any atom is 0.234 e. The summed E-state index contributed by atoms with van der Waals surface area (Å²) in [5.41, 5.74) is 2.51. The fourth-order valence-corrected chi connectivity index (χ4v) is 2.70. The van der Waals surface area contributed by atoms with Crippen LogP contribution in [0.3, 0.4) is 0 Å². The van der Waals surface area contributed by atoms with Crippen LogP contribution in [0.5, 0.6) is 0 Å². The van der Waals surface area contributed by atoms with Gasteiger partial charge in [-0.2, -0.15) is 0 Å². The summed E-state index contributed by atoms with van der Waals surface area (Å²) in [7, 11) is 0. The molecular weight excluding hydrogens is 327 g/mol. The van der Waals surface area contributed by atoms with Gasteiger partial charge in [-0.15, -0.1) is 11.8 Å². The molecule has 2 aromatic carbocycles. The van der Waals surface area contributed by atoms with Gasteiger partial charge in [-0.05, 0) is 42.3 Å². The van der Waals surface area contributed by atoms with Crippen molar-refractivity contribution < 1.29 is 14.0 Å². The minimum atomic E-state index is -0.330. The van der Waals surface area contributed by atoms with Crippen LogP contribution in [-0.4, -0.2) is 23.3 Å². The Morgan fingerprint density at radius 2 is 1.79 bits per heavy atom. The van der Waals surface area contributed by atoms with Gasteiger partial charge in [0.15, 0.2) is 0 Å². The molecule has 0 unspecified atom stereocenters. The summed E-state index contributed by atoms with van der Waals surface area (Å²) in [5.74, 6) is -0.294. The van der Waals surface area contributed by atoms with Crippen LogP contribution < -0.4 is 10.6 Å². The molecule has 0 saturated heterocycles. The van der Waals surface area contributed by atoms with Crippen LogP contribution in [0, 0.1) is 12.7 Å². The highest BCUT2D eigenvalue weighted by Crippen LogP contribution is 2.10. The van der Waals surface area contributed by atoms with Crippen LogP contribution in [0.4, 0.5) is 10.1 Å². The predicted molar refractivity (Wildman–Crippen MR) is 95.4 cm³/mol. The lowest BCUT2D eigenvalue weighted by molar-refractivity contribution is -0.118. The third-order valence-corrected chi connectivity index (χ3v) is 4.08.